The molecule has 1 N–H and O–H groups in total. The van der Waals surface area contributed by atoms with Gasteiger partial charge in [0.15, 0.2) is 5.96 Å². The number of nitrogens with zero attached hydrogens (tertiary/aromatic N) is 2. The van der Waals surface area contributed by atoms with Crippen LogP contribution in [0.2, 0.25) is 0 Å². The lowest BCUT2D eigenvalue weighted by Gasteiger charge is -2.44. The third-order valence-corrected chi connectivity index (χ3v) is 6.43. The van der Waals surface area contributed by atoms with Crippen LogP contribution in [-0.4, -0.2) is 57.5 Å². The van der Waals surface area contributed by atoms with E-state index in [1.807, 2.05) is 0 Å². The standard InChI is InChI=1S/C18H35N3O2S/c1-3-19-17(20-13-9-15-24(2,22)23)21-14-8-12-18(16-21)10-6-4-5-7-11-18/h3-16H2,1-2H3,(H,19,20). The summed E-state index contributed by atoms with van der Waals surface area (Å²) in [6.45, 7) is 5.72. The smallest absolute Gasteiger partial charge is 0.193 e. The summed E-state index contributed by atoms with van der Waals surface area (Å²) in [5, 5.41) is 3.41. The zero-order valence-corrected chi connectivity index (χ0v) is 16.3. The lowest BCUT2D eigenvalue weighted by atomic mass is 9.74. The Hall–Kier alpha value is -0.780. The van der Waals surface area contributed by atoms with Gasteiger partial charge in [-0.1, -0.05) is 25.7 Å². The van der Waals surface area contributed by atoms with Crippen LogP contribution >= 0.6 is 0 Å². The molecule has 0 bridgehead atoms. The van der Waals surface area contributed by atoms with E-state index >= 15 is 0 Å². The minimum atomic E-state index is -2.89. The summed E-state index contributed by atoms with van der Waals surface area (Å²) in [6, 6.07) is 0. The maximum atomic E-state index is 11.3. The molecule has 2 rings (SSSR count). The summed E-state index contributed by atoms with van der Waals surface area (Å²) < 4.78 is 22.5. The molecule has 2 aliphatic rings. The van der Waals surface area contributed by atoms with Gasteiger partial charge in [-0.25, -0.2) is 8.42 Å². The maximum Gasteiger partial charge on any atom is 0.193 e. The van der Waals surface area contributed by atoms with Gasteiger partial charge in [-0.3, -0.25) is 4.99 Å². The van der Waals surface area contributed by atoms with E-state index < -0.39 is 9.84 Å². The van der Waals surface area contributed by atoms with Crippen molar-refractivity contribution in [1.82, 2.24) is 10.2 Å². The van der Waals surface area contributed by atoms with Crippen molar-refractivity contribution in [3.63, 3.8) is 0 Å². The Morgan fingerprint density at radius 2 is 1.79 bits per heavy atom. The highest BCUT2D eigenvalue weighted by atomic mass is 32.2. The highest BCUT2D eigenvalue weighted by Gasteiger charge is 2.36. The molecule has 0 amide bonds. The fraction of sp³-hybridized carbons (Fsp3) is 0.944. The van der Waals surface area contributed by atoms with Crippen molar-refractivity contribution in [3.05, 3.63) is 0 Å². The number of sulfone groups is 1. The zero-order valence-electron chi connectivity index (χ0n) is 15.5. The first kappa shape index (κ1) is 19.5. The van der Waals surface area contributed by atoms with Gasteiger partial charge in [-0.15, -0.1) is 0 Å². The van der Waals surface area contributed by atoms with Crippen molar-refractivity contribution >= 4 is 15.8 Å². The maximum absolute atomic E-state index is 11.3. The largest absolute Gasteiger partial charge is 0.357 e. The van der Waals surface area contributed by atoms with Crippen molar-refractivity contribution in [1.29, 1.82) is 0 Å². The molecule has 1 heterocycles. The molecule has 0 aromatic carbocycles. The average Bonchev–Trinajstić information content (AvgIpc) is 2.75. The van der Waals surface area contributed by atoms with Crippen LogP contribution in [0.15, 0.2) is 4.99 Å². The summed E-state index contributed by atoms with van der Waals surface area (Å²) in [6.07, 6.45) is 12.7. The van der Waals surface area contributed by atoms with E-state index in [1.165, 1.54) is 57.6 Å². The Kier molecular flexibility index (Phi) is 7.38. The third-order valence-electron chi connectivity index (χ3n) is 5.39. The first-order valence-corrected chi connectivity index (χ1v) is 11.7. The molecule has 5 nitrogen and oxygen atoms in total. The van der Waals surface area contributed by atoms with E-state index in [2.05, 4.69) is 17.1 Å². The molecular weight excluding hydrogens is 322 g/mol. The minimum Gasteiger partial charge on any atom is -0.357 e. The fourth-order valence-corrected chi connectivity index (χ4v) is 4.87. The number of rotatable bonds is 5. The summed E-state index contributed by atoms with van der Waals surface area (Å²) in [4.78, 5) is 7.14. The second-order valence-corrected chi connectivity index (χ2v) is 9.92. The molecule has 0 unspecified atom stereocenters. The molecule has 140 valence electrons. The molecule has 6 heteroatoms. The molecule has 1 aliphatic carbocycles. The number of aliphatic imine (C=N–C) groups is 1. The Morgan fingerprint density at radius 1 is 1.12 bits per heavy atom. The number of piperidine rings is 1. The van der Waals surface area contributed by atoms with E-state index in [9.17, 15) is 8.42 Å². The molecule has 0 atom stereocenters. The molecule has 1 spiro atoms. The van der Waals surface area contributed by atoms with Crippen molar-refractivity contribution in [2.24, 2.45) is 10.4 Å². The highest BCUT2D eigenvalue weighted by Crippen LogP contribution is 2.42. The van der Waals surface area contributed by atoms with Gasteiger partial charge >= 0.3 is 0 Å². The Morgan fingerprint density at radius 3 is 2.42 bits per heavy atom. The van der Waals surface area contributed by atoms with E-state index in [-0.39, 0.29) is 5.75 Å². The molecule has 0 aromatic heterocycles. The quantitative estimate of drug-likeness (QED) is 0.467. The van der Waals surface area contributed by atoms with Crippen LogP contribution in [0.4, 0.5) is 0 Å². The molecule has 0 aromatic rings. The van der Waals surface area contributed by atoms with Crippen molar-refractivity contribution in [3.8, 4) is 0 Å². The van der Waals surface area contributed by atoms with Crippen molar-refractivity contribution in [2.45, 2.75) is 64.7 Å². The Balaban J connectivity index is 1.98. The second-order valence-electron chi connectivity index (χ2n) is 7.66. The van der Waals surface area contributed by atoms with Crippen LogP contribution < -0.4 is 5.32 Å². The summed E-state index contributed by atoms with van der Waals surface area (Å²) >= 11 is 0. The van der Waals surface area contributed by atoms with Gasteiger partial charge in [0.1, 0.15) is 9.84 Å². The lowest BCUT2D eigenvalue weighted by molar-refractivity contribution is 0.115. The summed E-state index contributed by atoms with van der Waals surface area (Å²) in [5.41, 5.74) is 0.484. The normalized spacial score (nSPS) is 22.4. The molecular formula is C18H35N3O2S. The monoisotopic (exact) mass is 357 g/mol. The molecule has 0 radical (unpaired) electrons. The lowest BCUT2D eigenvalue weighted by Crippen LogP contribution is -2.50. The second kappa shape index (κ2) is 9.07. The van der Waals surface area contributed by atoms with E-state index in [4.69, 9.17) is 4.99 Å². The van der Waals surface area contributed by atoms with Crippen LogP contribution in [0.25, 0.3) is 0 Å². The van der Waals surface area contributed by atoms with Gasteiger partial charge in [0.05, 0.1) is 5.75 Å². The minimum absolute atomic E-state index is 0.222. The zero-order chi connectivity index (χ0) is 17.5. The number of likely N-dealkylation sites (tertiary alicyclic amines) is 1. The SMILES string of the molecule is CCNC(=NCCCS(C)(=O)=O)N1CCCC2(CCCCCC2)C1. The molecule has 2 fully saturated rings. The van der Waals surface area contributed by atoms with Gasteiger partial charge in [-0.05, 0) is 44.4 Å². The fourth-order valence-electron chi connectivity index (χ4n) is 4.21. The number of guanidine groups is 1. The van der Waals surface area contributed by atoms with Gasteiger partial charge in [-0.2, -0.15) is 0 Å². The van der Waals surface area contributed by atoms with Crippen molar-refractivity contribution in [2.75, 3.05) is 38.2 Å². The van der Waals surface area contributed by atoms with E-state index in [0.29, 0.717) is 18.4 Å². The number of hydrogen-bond acceptors (Lipinski definition) is 3. The topological polar surface area (TPSA) is 61.8 Å². The predicted octanol–water partition coefficient (Wildman–Crippen LogP) is 2.82. The van der Waals surface area contributed by atoms with Crippen molar-refractivity contribution < 1.29 is 8.42 Å². The van der Waals surface area contributed by atoms with Crippen LogP contribution in [0, 0.1) is 5.41 Å². The van der Waals surface area contributed by atoms with E-state index in [0.717, 1.165) is 25.6 Å². The summed E-state index contributed by atoms with van der Waals surface area (Å²) in [5.74, 6) is 1.20. The highest BCUT2D eigenvalue weighted by molar-refractivity contribution is 7.90. The Labute approximate surface area is 148 Å². The summed E-state index contributed by atoms with van der Waals surface area (Å²) in [7, 11) is -2.89. The number of hydrogen-bond donors (Lipinski definition) is 1. The molecule has 1 saturated carbocycles. The molecule has 1 saturated heterocycles. The van der Waals surface area contributed by atoms with Crippen LogP contribution in [0.5, 0.6) is 0 Å². The first-order chi connectivity index (χ1) is 11.4. The van der Waals surface area contributed by atoms with Crippen LogP contribution in [0.3, 0.4) is 0 Å². The molecule has 24 heavy (non-hydrogen) atoms. The van der Waals surface area contributed by atoms with Crippen LogP contribution in [0.1, 0.15) is 64.7 Å². The van der Waals surface area contributed by atoms with Gasteiger partial charge in [0.25, 0.3) is 0 Å². The first-order valence-electron chi connectivity index (χ1n) is 9.65. The average molecular weight is 358 g/mol. The van der Waals surface area contributed by atoms with Gasteiger partial charge < -0.3 is 10.2 Å². The Bertz CT molecular complexity index is 508. The third kappa shape index (κ3) is 6.26. The van der Waals surface area contributed by atoms with Gasteiger partial charge in [0.2, 0.25) is 0 Å². The number of nitrogens with one attached hydrogen (secondary N) is 1. The predicted molar refractivity (Wildman–Crippen MR) is 101 cm³/mol. The molecule has 1 aliphatic heterocycles. The van der Waals surface area contributed by atoms with Crippen LogP contribution in [-0.2, 0) is 9.84 Å². The van der Waals surface area contributed by atoms with Gasteiger partial charge in [0, 0.05) is 32.4 Å². The van der Waals surface area contributed by atoms with E-state index in [1.54, 1.807) is 0 Å².